The van der Waals surface area contributed by atoms with Crippen LogP contribution < -0.4 is 10.1 Å². The van der Waals surface area contributed by atoms with E-state index in [1.165, 1.54) is 16.5 Å². The second kappa shape index (κ2) is 5.75. The molecule has 1 aliphatic rings. The van der Waals surface area contributed by atoms with E-state index in [1.807, 2.05) is 11.8 Å². The Morgan fingerprint density at radius 2 is 2.15 bits per heavy atom. The fourth-order valence-electron chi connectivity index (χ4n) is 2.40. The highest BCUT2D eigenvalue weighted by atomic mass is 32.2. The molecule has 104 valence electrons. The first kappa shape index (κ1) is 13.3. The van der Waals surface area contributed by atoms with Crippen LogP contribution in [0.15, 0.2) is 47.4 Å². The van der Waals surface area contributed by atoms with Crippen molar-refractivity contribution in [3.05, 3.63) is 53.8 Å². The minimum Gasteiger partial charge on any atom is -0.497 e. The van der Waals surface area contributed by atoms with Gasteiger partial charge in [0.25, 0.3) is 0 Å². The molecular formula is C16H16FNOS. The van der Waals surface area contributed by atoms with Crippen molar-refractivity contribution in [2.45, 2.75) is 10.8 Å². The summed E-state index contributed by atoms with van der Waals surface area (Å²) in [5, 5.41) is 3.20. The van der Waals surface area contributed by atoms with Gasteiger partial charge in [0.2, 0.25) is 0 Å². The molecule has 1 aliphatic heterocycles. The van der Waals surface area contributed by atoms with Crippen molar-refractivity contribution in [3.8, 4) is 5.75 Å². The number of halogens is 1. The van der Waals surface area contributed by atoms with Gasteiger partial charge in [-0.3, -0.25) is 0 Å². The van der Waals surface area contributed by atoms with Gasteiger partial charge in [-0.15, -0.1) is 11.8 Å². The number of fused-ring (bicyclic) bond motifs is 1. The quantitative estimate of drug-likeness (QED) is 0.914. The van der Waals surface area contributed by atoms with Crippen molar-refractivity contribution in [2.24, 2.45) is 0 Å². The van der Waals surface area contributed by atoms with Crippen molar-refractivity contribution >= 4 is 17.4 Å². The van der Waals surface area contributed by atoms with Crippen LogP contribution >= 0.6 is 11.8 Å². The molecule has 1 atom stereocenters. The molecule has 2 nitrogen and oxygen atoms in total. The minimum atomic E-state index is -0.246. The Kier molecular flexibility index (Phi) is 3.83. The van der Waals surface area contributed by atoms with Crippen LogP contribution in [0.2, 0.25) is 0 Å². The van der Waals surface area contributed by atoms with Crippen molar-refractivity contribution in [2.75, 3.05) is 24.7 Å². The van der Waals surface area contributed by atoms with Gasteiger partial charge in [0, 0.05) is 29.2 Å². The molecular weight excluding hydrogens is 273 g/mol. The molecule has 0 aromatic heterocycles. The van der Waals surface area contributed by atoms with E-state index < -0.39 is 0 Å². The van der Waals surface area contributed by atoms with Crippen molar-refractivity contribution in [1.29, 1.82) is 0 Å². The topological polar surface area (TPSA) is 21.3 Å². The first-order valence-corrected chi connectivity index (χ1v) is 7.55. The second-order valence-corrected chi connectivity index (χ2v) is 5.83. The van der Waals surface area contributed by atoms with E-state index in [0.717, 1.165) is 12.3 Å². The van der Waals surface area contributed by atoms with Gasteiger partial charge < -0.3 is 10.1 Å². The number of anilines is 1. The van der Waals surface area contributed by atoms with Crippen LogP contribution in [0.25, 0.3) is 0 Å². The van der Waals surface area contributed by atoms with Crippen LogP contribution in [0.5, 0.6) is 5.75 Å². The monoisotopic (exact) mass is 289 g/mol. The Morgan fingerprint density at radius 3 is 3.00 bits per heavy atom. The Labute approximate surface area is 122 Å². The lowest BCUT2D eigenvalue weighted by Gasteiger charge is -2.14. The highest BCUT2D eigenvalue weighted by Crippen LogP contribution is 2.39. The lowest BCUT2D eigenvalue weighted by atomic mass is 10.0. The van der Waals surface area contributed by atoms with Crippen LogP contribution in [-0.2, 0) is 0 Å². The predicted molar refractivity (Wildman–Crippen MR) is 81.3 cm³/mol. The van der Waals surface area contributed by atoms with Gasteiger partial charge >= 0.3 is 0 Å². The summed E-state index contributed by atoms with van der Waals surface area (Å²) in [5.74, 6) is 1.87. The number of hydrogen-bond donors (Lipinski definition) is 1. The number of ether oxygens (including phenoxy) is 1. The average molecular weight is 289 g/mol. The molecule has 4 heteroatoms. The molecule has 1 N–H and O–H groups in total. The zero-order chi connectivity index (χ0) is 13.9. The number of rotatable bonds is 4. The maximum Gasteiger partial charge on any atom is 0.146 e. The molecule has 2 aromatic carbocycles. The molecule has 0 saturated carbocycles. The molecule has 0 amide bonds. The van der Waals surface area contributed by atoms with Gasteiger partial charge in [0.05, 0.1) is 12.8 Å². The summed E-state index contributed by atoms with van der Waals surface area (Å²) >= 11 is 1.86. The van der Waals surface area contributed by atoms with Crippen LogP contribution in [0.3, 0.4) is 0 Å². The van der Waals surface area contributed by atoms with E-state index in [4.69, 9.17) is 4.74 Å². The van der Waals surface area contributed by atoms with E-state index in [-0.39, 0.29) is 5.82 Å². The van der Waals surface area contributed by atoms with Gasteiger partial charge in [-0.1, -0.05) is 18.2 Å². The predicted octanol–water partition coefficient (Wildman–Crippen LogP) is 4.14. The Morgan fingerprint density at radius 1 is 1.30 bits per heavy atom. The maximum atomic E-state index is 13.8. The van der Waals surface area contributed by atoms with E-state index in [1.54, 1.807) is 19.2 Å². The first-order valence-electron chi connectivity index (χ1n) is 6.57. The summed E-state index contributed by atoms with van der Waals surface area (Å²) in [6, 6.07) is 13.2. The average Bonchev–Trinajstić information content (AvgIpc) is 2.90. The molecule has 0 spiro atoms. The lowest BCUT2D eigenvalue weighted by molar-refractivity contribution is 0.414. The fourth-order valence-corrected chi connectivity index (χ4v) is 3.65. The third kappa shape index (κ3) is 2.61. The Hall–Kier alpha value is -1.68. The highest BCUT2D eigenvalue weighted by molar-refractivity contribution is 7.99. The molecule has 0 fully saturated rings. The minimum absolute atomic E-state index is 0.246. The molecule has 0 aliphatic carbocycles. The molecule has 1 unspecified atom stereocenters. The standard InChI is InChI=1S/C16H16FNOS/c1-19-12-6-7-14(17)15(8-12)18-9-11-10-20-16-5-3-2-4-13(11)16/h2-8,11,18H,9-10H2,1H3. The van der Waals surface area contributed by atoms with Crippen LogP contribution in [0, 0.1) is 5.82 Å². The van der Waals surface area contributed by atoms with Crippen LogP contribution in [0.1, 0.15) is 11.5 Å². The van der Waals surface area contributed by atoms with Crippen molar-refractivity contribution in [3.63, 3.8) is 0 Å². The highest BCUT2D eigenvalue weighted by Gasteiger charge is 2.22. The molecule has 0 saturated heterocycles. The SMILES string of the molecule is COc1ccc(F)c(NCC2CSc3ccccc32)c1. The first-order chi connectivity index (χ1) is 9.78. The van der Waals surface area contributed by atoms with Gasteiger partial charge in [-0.05, 0) is 23.8 Å². The number of thioether (sulfide) groups is 1. The number of benzene rings is 2. The number of methoxy groups -OCH3 is 1. The largest absolute Gasteiger partial charge is 0.497 e. The maximum absolute atomic E-state index is 13.8. The molecule has 0 bridgehead atoms. The van der Waals surface area contributed by atoms with E-state index >= 15 is 0 Å². The molecule has 1 heterocycles. The summed E-state index contributed by atoms with van der Waals surface area (Å²) in [7, 11) is 1.58. The summed E-state index contributed by atoms with van der Waals surface area (Å²) in [6.07, 6.45) is 0. The summed E-state index contributed by atoms with van der Waals surface area (Å²) in [6.45, 7) is 0.730. The molecule has 2 aromatic rings. The van der Waals surface area contributed by atoms with E-state index in [2.05, 4.69) is 29.6 Å². The Balaban J connectivity index is 1.72. The number of nitrogens with one attached hydrogen (secondary N) is 1. The number of hydrogen-bond acceptors (Lipinski definition) is 3. The normalized spacial score (nSPS) is 16.8. The van der Waals surface area contributed by atoms with Gasteiger partial charge in [0.15, 0.2) is 0 Å². The Bertz CT molecular complexity index is 617. The van der Waals surface area contributed by atoms with Crippen molar-refractivity contribution < 1.29 is 9.13 Å². The van der Waals surface area contributed by atoms with Gasteiger partial charge in [-0.2, -0.15) is 0 Å². The van der Waals surface area contributed by atoms with Crippen LogP contribution in [0.4, 0.5) is 10.1 Å². The van der Waals surface area contributed by atoms with E-state index in [9.17, 15) is 4.39 Å². The summed E-state index contributed by atoms with van der Waals surface area (Å²) in [4.78, 5) is 1.34. The third-order valence-electron chi connectivity index (χ3n) is 3.51. The summed E-state index contributed by atoms with van der Waals surface area (Å²) < 4.78 is 18.9. The lowest BCUT2D eigenvalue weighted by Crippen LogP contribution is -2.13. The van der Waals surface area contributed by atoms with Gasteiger partial charge in [-0.25, -0.2) is 4.39 Å². The zero-order valence-electron chi connectivity index (χ0n) is 11.2. The molecule has 0 radical (unpaired) electrons. The zero-order valence-corrected chi connectivity index (χ0v) is 12.0. The smallest absolute Gasteiger partial charge is 0.146 e. The fraction of sp³-hybridized carbons (Fsp3) is 0.250. The second-order valence-electron chi connectivity index (χ2n) is 4.77. The van der Waals surface area contributed by atoms with Crippen LogP contribution in [-0.4, -0.2) is 19.4 Å². The molecule has 20 heavy (non-hydrogen) atoms. The third-order valence-corrected chi connectivity index (χ3v) is 4.76. The van der Waals surface area contributed by atoms with Gasteiger partial charge in [0.1, 0.15) is 11.6 Å². The van der Waals surface area contributed by atoms with E-state index in [0.29, 0.717) is 17.4 Å². The molecule has 3 rings (SSSR count). The van der Waals surface area contributed by atoms with Crippen molar-refractivity contribution in [1.82, 2.24) is 0 Å². The summed E-state index contributed by atoms with van der Waals surface area (Å²) in [5.41, 5.74) is 1.85.